The summed E-state index contributed by atoms with van der Waals surface area (Å²) >= 11 is 0. The number of aliphatic imine (C=N–C) groups is 1. The zero-order chi connectivity index (χ0) is 17.6. The minimum atomic E-state index is 0.597. The highest BCUT2D eigenvalue weighted by atomic mass is 16.5. The van der Waals surface area contributed by atoms with Gasteiger partial charge in [-0.3, -0.25) is 9.89 Å². The van der Waals surface area contributed by atoms with Crippen LogP contribution < -0.4 is 10.6 Å². The van der Waals surface area contributed by atoms with Crippen LogP contribution in [0.3, 0.4) is 0 Å². The van der Waals surface area contributed by atoms with Gasteiger partial charge in [0.15, 0.2) is 5.96 Å². The van der Waals surface area contributed by atoms with Crippen LogP contribution in [0.2, 0.25) is 0 Å². The van der Waals surface area contributed by atoms with Crippen LogP contribution in [0.1, 0.15) is 40.0 Å². The molecule has 6 nitrogen and oxygen atoms in total. The van der Waals surface area contributed by atoms with Crippen LogP contribution in [0, 0.1) is 5.92 Å². The first-order valence-electron chi connectivity index (χ1n) is 9.50. The normalized spacial score (nSPS) is 19.2. The quantitative estimate of drug-likeness (QED) is 0.321. The van der Waals surface area contributed by atoms with Crippen molar-refractivity contribution < 1.29 is 9.47 Å². The van der Waals surface area contributed by atoms with Crippen LogP contribution in [0.4, 0.5) is 0 Å². The molecule has 0 aromatic rings. The maximum Gasteiger partial charge on any atom is 0.191 e. The average Bonchev–Trinajstić information content (AvgIpc) is 2.98. The first-order valence-corrected chi connectivity index (χ1v) is 9.50. The second-order valence-corrected chi connectivity index (χ2v) is 6.79. The Hall–Kier alpha value is -0.850. The zero-order valence-electron chi connectivity index (χ0n) is 16.1. The van der Waals surface area contributed by atoms with Crippen molar-refractivity contribution in [1.29, 1.82) is 0 Å². The number of guanidine groups is 1. The van der Waals surface area contributed by atoms with E-state index in [0.29, 0.717) is 19.3 Å². The third-order valence-corrected chi connectivity index (χ3v) is 4.09. The fourth-order valence-corrected chi connectivity index (χ4v) is 2.98. The molecule has 0 saturated carbocycles. The minimum Gasteiger partial charge on any atom is -0.382 e. The Bertz CT molecular complexity index is 337. The largest absolute Gasteiger partial charge is 0.382 e. The lowest BCUT2D eigenvalue weighted by atomic mass is 10.2. The predicted octanol–water partition coefficient (Wildman–Crippen LogP) is 1.72. The Balaban J connectivity index is 2.28. The summed E-state index contributed by atoms with van der Waals surface area (Å²) in [6.07, 6.45) is 3.54. The molecule has 1 heterocycles. The van der Waals surface area contributed by atoms with E-state index in [1.54, 1.807) is 7.11 Å². The topological polar surface area (TPSA) is 58.1 Å². The number of hydrogen-bond donors (Lipinski definition) is 2. The summed E-state index contributed by atoms with van der Waals surface area (Å²) in [5.74, 6) is 1.64. The van der Waals surface area contributed by atoms with Gasteiger partial charge in [0.05, 0.1) is 19.8 Å². The van der Waals surface area contributed by atoms with E-state index in [2.05, 4.69) is 36.3 Å². The summed E-state index contributed by atoms with van der Waals surface area (Å²) in [6, 6.07) is 0.597. The smallest absolute Gasteiger partial charge is 0.191 e. The van der Waals surface area contributed by atoms with Gasteiger partial charge in [-0.05, 0) is 38.6 Å². The average molecular weight is 343 g/mol. The van der Waals surface area contributed by atoms with E-state index >= 15 is 0 Å². The summed E-state index contributed by atoms with van der Waals surface area (Å²) < 4.78 is 10.4. The Kier molecular flexibility index (Phi) is 11.9. The number of rotatable bonds is 12. The van der Waals surface area contributed by atoms with Crippen molar-refractivity contribution in [3.05, 3.63) is 0 Å². The van der Waals surface area contributed by atoms with Gasteiger partial charge in [0.1, 0.15) is 0 Å². The first-order chi connectivity index (χ1) is 11.7. The molecule has 2 N–H and O–H groups in total. The molecule has 1 aliphatic rings. The summed E-state index contributed by atoms with van der Waals surface area (Å²) in [7, 11) is 1.69. The fourth-order valence-electron chi connectivity index (χ4n) is 2.98. The van der Waals surface area contributed by atoms with Gasteiger partial charge < -0.3 is 20.1 Å². The van der Waals surface area contributed by atoms with Crippen molar-refractivity contribution in [3.63, 3.8) is 0 Å². The lowest BCUT2D eigenvalue weighted by Crippen LogP contribution is -2.40. The number of nitrogens with one attached hydrogen (secondary N) is 2. The van der Waals surface area contributed by atoms with Gasteiger partial charge in [0.25, 0.3) is 0 Å². The van der Waals surface area contributed by atoms with Crippen LogP contribution in [-0.2, 0) is 9.47 Å². The first kappa shape index (κ1) is 21.2. The van der Waals surface area contributed by atoms with Crippen molar-refractivity contribution in [2.75, 3.05) is 59.7 Å². The second-order valence-electron chi connectivity index (χ2n) is 6.79. The maximum absolute atomic E-state index is 5.48. The van der Waals surface area contributed by atoms with E-state index in [1.165, 1.54) is 25.9 Å². The number of likely N-dealkylation sites (tertiary alicyclic amines) is 1. The van der Waals surface area contributed by atoms with Gasteiger partial charge in [-0.25, -0.2) is 0 Å². The van der Waals surface area contributed by atoms with Crippen LogP contribution in [0.25, 0.3) is 0 Å². The molecule has 0 bridgehead atoms. The molecule has 1 aliphatic heterocycles. The van der Waals surface area contributed by atoms with Crippen molar-refractivity contribution in [1.82, 2.24) is 15.5 Å². The number of methoxy groups -OCH3 is 1. The van der Waals surface area contributed by atoms with E-state index in [1.807, 2.05) is 0 Å². The SMILES string of the molecule is CCNC(=NC[C@H]1CCCN1CC(C)C)NCCCOCCOC. The molecule has 0 aliphatic carbocycles. The Morgan fingerprint density at radius 1 is 1.25 bits per heavy atom. The molecule has 1 saturated heterocycles. The highest BCUT2D eigenvalue weighted by Gasteiger charge is 2.24. The molecule has 0 aromatic heterocycles. The van der Waals surface area contributed by atoms with Gasteiger partial charge in [-0.15, -0.1) is 0 Å². The third kappa shape index (κ3) is 9.45. The molecule has 1 atom stereocenters. The lowest BCUT2D eigenvalue weighted by Gasteiger charge is -2.25. The van der Waals surface area contributed by atoms with Gasteiger partial charge in [0, 0.05) is 39.4 Å². The van der Waals surface area contributed by atoms with E-state index in [9.17, 15) is 0 Å². The monoisotopic (exact) mass is 342 g/mol. The maximum atomic E-state index is 5.48. The van der Waals surface area contributed by atoms with E-state index in [0.717, 1.165) is 44.5 Å². The number of hydrogen-bond acceptors (Lipinski definition) is 4. The van der Waals surface area contributed by atoms with Gasteiger partial charge >= 0.3 is 0 Å². The molecule has 1 fully saturated rings. The molecule has 0 radical (unpaired) electrons. The Morgan fingerprint density at radius 2 is 2.08 bits per heavy atom. The molecule has 0 spiro atoms. The molecule has 0 aromatic carbocycles. The molecule has 0 amide bonds. The molecular weight excluding hydrogens is 304 g/mol. The third-order valence-electron chi connectivity index (χ3n) is 4.09. The van der Waals surface area contributed by atoms with Crippen LogP contribution in [-0.4, -0.2) is 76.6 Å². The summed E-state index contributed by atoms with van der Waals surface area (Å²) in [5.41, 5.74) is 0. The van der Waals surface area contributed by atoms with Crippen molar-refractivity contribution in [2.45, 2.75) is 46.1 Å². The van der Waals surface area contributed by atoms with Crippen LogP contribution in [0.15, 0.2) is 4.99 Å². The van der Waals surface area contributed by atoms with E-state index in [-0.39, 0.29) is 0 Å². The van der Waals surface area contributed by atoms with Gasteiger partial charge in [-0.2, -0.15) is 0 Å². The summed E-state index contributed by atoms with van der Waals surface area (Å²) in [4.78, 5) is 7.39. The lowest BCUT2D eigenvalue weighted by molar-refractivity contribution is 0.0698. The van der Waals surface area contributed by atoms with Gasteiger partial charge in [-0.1, -0.05) is 13.8 Å². The number of nitrogens with zero attached hydrogens (tertiary/aromatic N) is 2. The summed E-state index contributed by atoms with van der Waals surface area (Å²) in [5, 5.41) is 6.73. The molecule has 24 heavy (non-hydrogen) atoms. The molecule has 0 unspecified atom stereocenters. The Labute approximate surface area is 148 Å². The molecule has 6 heteroatoms. The highest BCUT2D eigenvalue weighted by molar-refractivity contribution is 5.79. The predicted molar refractivity (Wildman–Crippen MR) is 101 cm³/mol. The summed E-state index contributed by atoms with van der Waals surface area (Å²) in [6.45, 7) is 13.8. The molecule has 142 valence electrons. The van der Waals surface area contributed by atoms with Crippen molar-refractivity contribution in [2.24, 2.45) is 10.9 Å². The fraction of sp³-hybridized carbons (Fsp3) is 0.944. The molecule has 1 rings (SSSR count). The zero-order valence-corrected chi connectivity index (χ0v) is 16.1. The van der Waals surface area contributed by atoms with Crippen molar-refractivity contribution >= 4 is 5.96 Å². The van der Waals surface area contributed by atoms with Crippen LogP contribution in [0.5, 0.6) is 0 Å². The minimum absolute atomic E-state index is 0.597. The van der Waals surface area contributed by atoms with Gasteiger partial charge in [0.2, 0.25) is 0 Å². The number of ether oxygens (including phenoxy) is 2. The Morgan fingerprint density at radius 3 is 2.79 bits per heavy atom. The second kappa shape index (κ2) is 13.4. The highest BCUT2D eigenvalue weighted by Crippen LogP contribution is 2.18. The van der Waals surface area contributed by atoms with E-state index in [4.69, 9.17) is 14.5 Å². The van der Waals surface area contributed by atoms with E-state index < -0.39 is 0 Å². The van der Waals surface area contributed by atoms with Crippen molar-refractivity contribution in [3.8, 4) is 0 Å². The molecular formula is C18H38N4O2. The standard InChI is InChI=1S/C18H38N4O2/c1-5-19-18(20-9-7-11-24-13-12-23-4)21-14-17-8-6-10-22(17)15-16(2)3/h16-17H,5-15H2,1-4H3,(H2,19,20,21)/t17-/m1/s1. The van der Waals surface area contributed by atoms with Crippen LogP contribution >= 0.6 is 0 Å².